The Labute approximate surface area is 489 Å². The predicted molar refractivity (Wildman–Crippen MR) is 351 cm³/mol. The van der Waals surface area contributed by atoms with Crippen molar-refractivity contribution in [3.8, 4) is 0 Å². The molecule has 2 aromatic heterocycles. The molecule has 1 fully saturated rings. The number of nitrogens with zero attached hydrogens (tertiary/aromatic N) is 3. The van der Waals surface area contributed by atoms with Crippen LogP contribution in [0.4, 0.5) is 45.5 Å². The number of fused-ring (bicyclic) bond motifs is 22. The number of benzene rings is 8. The third-order valence-corrected chi connectivity index (χ3v) is 24.4. The van der Waals surface area contributed by atoms with E-state index in [2.05, 4.69) is 232 Å². The Bertz CT molecular complexity index is 4540. The fraction of sp³-hybridized carbons (Fsp3) is 0.368. The molecule has 17 rings (SSSR count). The van der Waals surface area contributed by atoms with Crippen molar-refractivity contribution < 1.29 is 4.42 Å². The van der Waals surface area contributed by atoms with E-state index in [4.69, 9.17) is 4.42 Å². The van der Waals surface area contributed by atoms with Crippen molar-refractivity contribution in [2.75, 3.05) is 14.7 Å². The smallest absolute Gasteiger partial charge is 0.257 e. The van der Waals surface area contributed by atoms with Gasteiger partial charge < -0.3 is 19.1 Å². The van der Waals surface area contributed by atoms with Crippen LogP contribution in [0.5, 0.6) is 0 Å². The molecule has 82 heavy (non-hydrogen) atoms. The van der Waals surface area contributed by atoms with Gasteiger partial charge >= 0.3 is 0 Å². The predicted octanol–water partition coefficient (Wildman–Crippen LogP) is 19.4. The minimum absolute atomic E-state index is 0.000510. The second kappa shape index (κ2) is 15.7. The van der Waals surface area contributed by atoms with Crippen LogP contribution in [0.3, 0.4) is 0 Å². The molecule has 0 spiro atoms. The van der Waals surface area contributed by atoms with Crippen LogP contribution in [-0.2, 0) is 32.5 Å². The largest absolute Gasteiger partial charge is 0.457 e. The van der Waals surface area contributed by atoms with Gasteiger partial charge in [-0.25, -0.2) is 0 Å². The van der Waals surface area contributed by atoms with Crippen molar-refractivity contribution in [2.45, 2.75) is 179 Å². The van der Waals surface area contributed by atoms with E-state index in [0.29, 0.717) is 0 Å². The molecule has 3 unspecified atom stereocenters. The van der Waals surface area contributed by atoms with Crippen LogP contribution in [0.15, 0.2) is 132 Å². The number of anilines is 8. The second-order valence-electron chi connectivity index (χ2n) is 30.2. The zero-order chi connectivity index (χ0) is 56.3. The summed E-state index contributed by atoms with van der Waals surface area (Å²) in [5.74, 6) is 0. The molecule has 6 bridgehead atoms. The molecule has 0 saturated heterocycles. The summed E-state index contributed by atoms with van der Waals surface area (Å²) in [6.45, 7) is 32.7. The molecule has 8 aromatic carbocycles. The molecule has 410 valence electrons. The average molecular weight is 1090 g/mol. The van der Waals surface area contributed by atoms with E-state index in [9.17, 15) is 0 Å². The Balaban J connectivity index is 1.10. The number of aryl methyl sites for hydroxylation is 1. The molecule has 10 aromatic rings. The molecular formula is C76H76BN3OS. The first kappa shape index (κ1) is 49.8. The van der Waals surface area contributed by atoms with Crippen molar-refractivity contribution in [1.82, 2.24) is 0 Å². The number of hydrogen-bond acceptors (Lipinski definition) is 5. The van der Waals surface area contributed by atoms with E-state index in [1.54, 1.807) is 0 Å². The van der Waals surface area contributed by atoms with Gasteiger partial charge in [0.05, 0.1) is 15.9 Å². The molecular weight excluding hydrogens is 1010 g/mol. The van der Waals surface area contributed by atoms with Gasteiger partial charge in [-0.1, -0.05) is 156 Å². The summed E-state index contributed by atoms with van der Waals surface area (Å²) in [6.07, 6.45) is 9.25. The van der Waals surface area contributed by atoms with E-state index in [0.717, 1.165) is 43.3 Å². The summed E-state index contributed by atoms with van der Waals surface area (Å²) in [5, 5.41) is 5.00. The van der Waals surface area contributed by atoms with Gasteiger partial charge in [0.2, 0.25) is 0 Å². The summed E-state index contributed by atoms with van der Waals surface area (Å²) in [6, 6.07) is 51.5. The number of hydrogen-bond donors (Lipinski definition) is 0. The van der Waals surface area contributed by atoms with Crippen LogP contribution >= 0.6 is 11.3 Å². The highest BCUT2D eigenvalue weighted by molar-refractivity contribution is 7.26. The Kier molecular flexibility index (Phi) is 9.54. The van der Waals surface area contributed by atoms with E-state index < -0.39 is 0 Å². The Morgan fingerprint density at radius 3 is 1.88 bits per heavy atom. The first-order chi connectivity index (χ1) is 39.0. The Hall–Kier alpha value is -6.76. The molecule has 4 nitrogen and oxygen atoms in total. The summed E-state index contributed by atoms with van der Waals surface area (Å²) < 4.78 is 10.1. The van der Waals surface area contributed by atoms with Crippen LogP contribution in [0.1, 0.15) is 179 Å². The fourth-order valence-corrected chi connectivity index (χ4v) is 19.4. The van der Waals surface area contributed by atoms with Crippen molar-refractivity contribution >= 4 is 122 Å². The van der Waals surface area contributed by atoms with Crippen LogP contribution in [0.2, 0.25) is 0 Å². The molecule has 0 amide bonds. The summed E-state index contributed by atoms with van der Waals surface area (Å²) in [5.41, 5.74) is 27.4. The number of furan rings is 1. The fourth-order valence-electron chi connectivity index (χ4n) is 18.2. The highest BCUT2D eigenvalue weighted by atomic mass is 32.1. The lowest BCUT2D eigenvalue weighted by molar-refractivity contribution is 0.195. The Morgan fingerprint density at radius 1 is 0.488 bits per heavy atom. The lowest BCUT2D eigenvalue weighted by Crippen LogP contribution is -2.62. The van der Waals surface area contributed by atoms with Gasteiger partial charge in [-0.15, -0.1) is 11.3 Å². The van der Waals surface area contributed by atoms with Crippen LogP contribution in [0, 0.1) is 6.92 Å². The molecule has 4 aliphatic heterocycles. The molecule has 3 atom stereocenters. The van der Waals surface area contributed by atoms with Gasteiger partial charge in [0.15, 0.2) is 0 Å². The SMILES string of the molecule is Cc1cc2c3cc1N1c4cc(cc5c4B(c4cc6c(cc4N5c4cccc5c4sc4ccccc45)C(C)(C)CCC6(C)C)c4c1ccc1c4oc4ccccc41)N1c4cc(c(C(C)(C)C)cc4C4(C)CCCCC14C)C3(C)CCC2(C)C. The quantitative estimate of drug-likeness (QED) is 0.153. The van der Waals surface area contributed by atoms with Gasteiger partial charge in [0.1, 0.15) is 11.2 Å². The van der Waals surface area contributed by atoms with Gasteiger partial charge in [0, 0.05) is 76.9 Å². The lowest BCUT2D eigenvalue weighted by Gasteiger charge is -2.51. The molecule has 1 saturated carbocycles. The van der Waals surface area contributed by atoms with E-state index in [1.165, 1.54) is 157 Å². The standard InChI is InChI=1S/C76H76BN3OS/c1-43-35-50-54-41-59(43)78-57-28-27-47-45-21-14-16-25-64(45)81-68(47)67(57)77-56-39-51-52(72(7,8)32-31-71(51,5)6)40-61(56)79(58-24-20-23-48-46-22-15-17-26-65(46)82-69(48)58)63-37-44(36-62(78)66(63)77)80-60-42-53(74(54,11)34-33-73(50,9)10)49(70(2,3)4)38-55(60)75(12)29-18-19-30-76(75,80)13/h14-17,20-28,35-42H,18-19,29-34H2,1-13H3. The van der Waals surface area contributed by atoms with Gasteiger partial charge in [-0.05, 0) is 196 Å². The first-order valence-electron chi connectivity index (χ1n) is 31.0. The van der Waals surface area contributed by atoms with Gasteiger partial charge in [-0.2, -0.15) is 0 Å². The van der Waals surface area contributed by atoms with Crippen molar-refractivity contribution in [3.63, 3.8) is 0 Å². The number of thiophene rings is 1. The molecule has 3 aliphatic carbocycles. The third kappa shape index (κ3) is 6.10. The minimum atomic E-state index is -0.249. The molecule has 6 heteroatoms. The Morgan fingerprint density at radius 2 is 1.12 bits per heavy atom. The monoisotopic (exact) mass is 1090 g/mol. The van der Waals surface area contributed by atoms with Crippen molar-refractivity contribution in [3.05, 3.63) is 172 Å². The van der Waals surface area contributed by atoms with E-state index in [1.807, 2.05) is 11.3 Å². The topological polar surface area (TPSA) is 22.9 Å². The molecule has 0 N–H and O–H groups in total. The lowest BCUT2D eigenvalue weighted by atomic mass is 9.33. The van der Waals surface area contributed by atoms with Crippen LogP contribution < -0.4 is 31.1 Å². The molecule has 0 radical (unpaired) electrons. The maximum absolute atomic E-state index is 7.45. The van der Waals surface area contributed by atoms with Crippen LogP contribution in [0.25, 0.3) is 42.1 Å². The first-order valence-corrected chi connectivity index (χ1v) is 31.8. The molecule has 7 aliphatic rings. The van der Waals surface area contributed by atoms with Crippen LogP contribution in [-0.4, -0.2) is 12.3 Å². The molecule has 6 heterocycles. The highest BCUT2D eigenvalue weighted by Crippen LogP contribution is 2.65. The summed E-state index contributed by atoms with van der Waals surface area (Å²) in [4.78, 5) is 8.48. The minimum Gasteiger partial charge on any atom is -0.457 e. The van der Waals surface area contributed by atoms with Gasteiger partial charge in [-0.3, -0.25) is 0 Å². The van der Waals surface area contributed by atoms with Gasteiger partial charge in [0.25, 0.3) is 6.71 Å². The highest BCUT2D eigenvalue weighted by Gasteiger charge is 2.60. The van der Waals surface area contributed by atoms with E-state index >= 15 is 0 Å². The summed E-state index contributed by atoms with van der Waals surface area (Å²) >= 11 is 1.95. The third-order valence-electron chi connectivity index (χ3n) is 23.2. The zero-order valence-corrected chi connectivity index (χ0v) is 51.3. The number of rotatable bonds is 1. The number of para-hydroxylation sites is 1. The second-order valence-corrected chi connectivity index (χ2v) is 31.2. The maximum Gasteiger partial charge on any atom is 0.257 e. The van der Waals surface area contributed by atoms with Crippen molar-refractivity contribution in [1.29, 1.82) is 0 Å². The maximum atomic E-state index is 7.45. The average Bonchev–Trinajstić information content (AvgIpc) is 1.26. The van der Waals surface area contributed by atoms with Crippen molar-refractivity contribution in [2.24, 2.45) is 0 Å². The normalized spacial score (nSPS) is 23.9. The zero-order valence-electron chi connectivity index (χ0n) is 50.5. The van der Waals surface area contributed by atoms with E-state index in [-0.39, 0.29) is 44.7 Å². The summed E-state index contributed by atoms with van der Waals surface area (Å²) in [7, 11) is 0.